The summed E-state index contributed by atoms with van der Waals surface area (Å²) >= 11 is 0. The summed E-state index contributed by atoms with van der Waals surface area (Å²) in [5.41, 5.74) is 2.72. The van der Waals surface area contributed by atoms with E-state index < -0.39 is 0 Å². The molecule has 1 N–H and O–H groups in total. The Balaban J connectivity index is 2.06. The third kappa shape index (κ3) is 3.02. The fraction of sp³-hybridized carbons (Fsp3) is 0.357. The van der Waals surface area contributed by atoms with Crippen molar-refractivity contribution >= 4 is 11.0 Å². The van der Waals surface area contributed by atoms with Crippen LogP contribution < -0.4 is 5.32 Å². The van der Waals surface area contributed by atoms with Gasteiger partial charge in [0.1, 0.15) is 0 Å². The standard InChI is InChI=1S/C14H16N4/c1-2-11(7-8-15)16-9-12-10-17-13-5-3-4-6-14(13)18-12/h3-6,10-11,16H,2,7,9H2,1H3. The maximum Gasteiger partial charge on any atom is 0.0890 e. The molecule has 2 aromatic rings. The Morgan fingerprint density at radius 3 is 2.83 bits per heavy atom. The molecule has 1 heterocycles. The van der Waals surface area contributed by atoms with Gasteiger partial charge >= 0.3 is 0 Å². The third-order valence-corrected chi connectivity index (χ3v) is 2.90. The van der Waals surface area contributed by atoms with E-state index in [-0.39, 0.29) is 6.04 Å². The number of benzene rings is 1. The molecule has 1 aromatic heterocycles. The highest BCUT2D eigenvalue weighted by Crippen LogP contribution is 2.08. The topological polar surface area (TPSA) is 61.6 Å². The van der Waals surface area contributed by atoms with Crippen LogP contribution in [-0.2, 0) is 6.54 Å². The summed E-state index contributed by atoms with van der Waals surface area (Å²) in [6, 6.07) is 10.2. The van der Waals surface area contributed by atoms with Crippen molar-refractivity contribution in [3.8, 4) is 6.07 Å². The zero-order valence-electron chi connectivity index (χ0n) is 10.4. The highest BCUT2D eigenvalue weighted by atomic mass is 14.9. The Kier molecular flexibility index (Phi) is 4.21. The number of fused-ring (bicyclic) bond motifs is 1. The van der Waals surface area contributed by atoms with E-state index in [1.54, 1.807) is 6.20 Å². The highest BCUT2D eigenvalue weighted by molar-refractivity contribution is 5.73. The second-order valence-electron chi connectivity index (χ2n) is 4.20. The van der Waals surface area contributed by atoms with Crippen molar-refractivity contribution in [1.82, 2.24) is 15.3 Å². The van der Waals surface area contributed by atoms with E-state index in [0.29, 0.717) is 13.0 Å². The van der Waals surface area contributed by atoms with Gasteiger partial charge in [-0.25, -0.2) is 4.98 Å². The molecule has 4 heteroatoms. The lowest BCUT2D eigenvalue weighted by Crippen LogP contribution is -2.27. The molecule has 0 fully saturated rings. The molecule has 0 saturated heterocycles. The van der Waals surface area contributed by atoms with Gasteiger partial charge in [-0.2, -0.15) is 5.26 Å². The van der Waals surface area contributed by atoms with Crippen LogP contribution in [-0.4, -0.2) is 16.0 Å². The average Bonchev–Trinajstić information content (AvgIpc) is 2.43. The van der Waals surface area contributed by atoms with Gasteiger partial charge in [0.2, 0.25) is 0 Å². The van der Waals surface area contributed by atoms with Gasteiger partial charge in [-0.3, -0.25) is 4.98 Å². The van der Waals surface area contributed by atoms with Crippen LogP contribution in [0.5, 0.6) is 0 Å². The molecule has 1 atom stereocenters. The van der Waals surface area contributed by atoms with Crippen LogP contribution in [0.1, 0.15) is 25.5 Å². The molecular formula is C14H16N4. The van der Waals surface area contributed by atoms with Gasteiger partial charge in [-0.15, -0.1) is 0 Å². The first kappa shape index (κ1) is 12.5. The summed E-state index contributed by atoms with van der Waals surface area (Å²) in [7, 11) is 0. The van der Waals surface area contributed by atoms with Crippen molar-refractivity contribution in [2.45, 2.75) is 32.4 Å². The Hall–Kier alpha value is -1.99. The maximum absolute atomic E-state index is 8.69. The Morgan fingerprint density at radius 2 is 2.11 bits per heavy atom. The number of nitrogens with one attached hydrogen (secondary N) is 1. The highest BCUT2D eigenvalue weighted by Gasteiger charge is 2.05. The molecule has 4 nitrogen and oxygen atoms in total. The lowest BCUT2D eigenvalue weighted by atomic mass is 10.1. The first-order chi connectivity index (χ1) is 8.83. The average molecular weight is 240 g/mol. The van der Waals surface area contributed by atoms with Crippen LogP contribution in [0.15, 0.2) is 30.5 Å². The van der Waals surface area contributed by atoms with Crippen LogP contribution in [0.25, 0.3) is 11.0 Å². The van der Waals surface area contributed by atoms with Gasteiger partial charge < -0.3 is 5.32 Å². The van der Waals surface area contributed by atoms with Gasteiger partial charge in [0, 0.05) is 12.6 Å². The van der Waals surface area contributed by atoms with Crippen molar-refractivity contribution in [1.29, 1.82) is 5.26 Å². The van der Waals surface area contributed by atoms with Crippen LogP contribution >= 0.6 is 0 Å². The number of rotatable bonds is 5. The predicted molar refractivity (Wildman–Crippen MR) is 70.7 cm³/mol. The predicted octanol–water partition coefficient (Wildman–Crippen LogP) is 2.41. The van der Waals surface area contributed by atoms with Crippen molar-refractivity contribution in [3.63, 3.8) is 0 Å². The molecule has 0 radical (unpaired) electrons. The summed E-state index contributed by atoms with van der Waals surface area (Å²) in [6.45, 7) is 2.72. The summed E-state index contributed by atoms with van der Waals surface area (Å²) in [6.07, 6.45) is 3.25. The second-order valence-corrected chi connectivity index (χ2v) is 4.20. The van der Waals surface area contributed by atoms with E-state index >= 15 is 0 Å². The van der Waals surface area contributed by atoms with Gasteiger partial charge in [0.05, 0.1) is 35.4 Å². The zero-order chi connectivity index (χ0) is 12.8. The fourth-order valence-electron chi connectivity index (χ4n) is 1.80. The number of hydrogen-bond donors (Lipinski definition) is 1. The van der Waals surface area contributed by atoms with E-state index in [4.69, 9.17) is 5.26 Å². The molecule has 92 valence electrons. The molecule has 0 aliphatic rings. The monoisotopic (exact) mass is 240 g/mol. The van der Waals surface area contributed by atoms with Crippen LogP contribution in [0, 0.1) is 11.3 Å². The molecular weight excluding hydrogens is 224 g/mol. The Morgan fingerprint density at radius 1 is 1.33 bits per heavy atom. The van der Waals surface area contributed by atoms with E-state index in [1.807, 2.05) is 24.3 Å². The molecule has 0 amide bonds. The quantitative estimate of drug-likeness (QED) is 0.871. The third-order valence-electron chi connectivity index (χ3n) is 2.90. The number of aromatic nitrogens is 2. The van der Waals surface area contributed by atoms with Crippen LogP contribution in [0.4, 0.5) is 0 Å². The van der Waals surface area contributed by atoms with Crippen molar-refractivity contribution in [2.75, 3.05) is 0 Å². The fourth-order valence-corrected chi connectivity index (χ4v) is 1.80. The summed E-state index contributed by atoms with van der Waals surface area (Å²) < 4.78 is 0. The zero-order valence-corrected chi connectivity index (χ0v) is 10.4. The SMILES string of the molecule is CCC(CC#N)NCc1cnc2ccccc2n1. The minimum Gasteiger partial charge on any atom is -0.307 e. The van der Waals surface area contributed by atoms with Gasteiger partial charge in [0.25, 0.3) is 0 Å². The molecule has 2 rings (SSSR count). The molecule has 1 unspecified atom stereocenters. The van der Waals surface area contributed by atoms with Gasteiger partial charge in [0.15, 0.2) is 0 Å². The molecule has 1 aromatic carbocycles. The van der Waals surface area contributed by atoms with Crippen LogP contribution in [0.3, 0.4) is 0 Å². The molecule has 18 heavy (non-hydrogen) atoms. The second kappa shape index (κ2) is 6.08. The maximum atomic E-state index is 8.69. The van der Waals surface area contributed by atoms with Crippen molar-refractivity contribution in [2.24, 2.45) is 0 Å². The minimum atomic E-state index is 0.225. The Labute approximate surface area is 107 Å². The first-order valence-electron chi connectivity index (χ1n) is 6.14. The summed E-state index contributed by atoms with van der Waals surface area (Å²) in [5.74, 6) is 0. The summed E-state index contributed by atoms with van der Waals surface area (Å²) in [4.78, 5) is 8.90. The number of nitrogens with zero attached hydrogens (tertiary/aromatic N) is 3. The number of para-hydroxylation sites is 2. The number of hydrogen-bond acceptors (Lipinski definition) is 4. The van der Waals surface area contributed by atoms with E-state index in [0.717, 1.165) is 23.1 Å². The van der Waals surface area contributed by atoms with Crippen LogP contribution in [0.2, 0.25) is 0 Å². The molecule has 0 spiro atoms. The molecule has 0 saturated carbocycles. The normalized spacial score (nSPS) is 12.2. The smallest absolute Gasteiger partial charge is 0.0890 e. The largest absolute Gasteiger partial charge is 0.307 e. The molecule has 0 aliphatic carbocycles. The van der Waals surface area contributed by atoms with E-state index in [2.05, 4.69) is 28.3 Å². The van der Waals surface area contributed by atoms with Crippen molar-refractivity contribution < 1.29 is 0 Å². The van der Waals surface area contributed by atoms with Gasteiger partial charge in [-0.05, 0) is 18.6 Å². The summed E-state index contributed by atoms with van der Waals surface area (Å²) in [5, 5.41) is 12.0. The molecule has 0 aliphatic heterocycles. The van der Waals surface area contributed by atoms with Crippen molar-refractivity contribution in [3.05, 3.63) is 36.2 Å². The Bertz CT molecular complexity index is 559. The molecule has 0 bridgehead atoms. The lowest BCUT2D eigenvalue weighted by Gasteiger charge is -2.12. The first-order valence-corrected chi connectivity index (χ1v) is 6.14. The lowest BCUT2D eigenvalue weighted by molar-refractivity contribution is 0.501. The van der Waals surface area contributed by atoms with E-state index in [9.17, 15) is 0 Å². The number of nitriles is 1. The van der Waals surface area contributed by atoms with E-state index in [1.165, 1.54) is 0 Å². The van der Waals surface area contributed by atoms with Gasteiger partial charge in [-0.1, -0.05) is 19.1 Å². The minimum absolute atomic E-state index is 0.225.